The molecule has 0 fully saturated rings. The van der Waals surface area contributed by atoms with Crippen LogP contribution in [0.25, 0.3) is 0 Å². The summed E-state index contributed by atoms with van der Waals surface area (Å²) >= 11 is 0. The Bertz CT molecular complexity index is 423. The zero-order valence-corrected chi connectivity index (χ0v) is 9.94. The smallest absolute Gasteiger partial charge is 0.251 e. The Morgan fingerprint density at radius 1 is 1.53 bits per heavy atom. The fourth-order valence-electron chi connectivity index (χ4n) is 1.50. The van der Waals surface area contributed by atoms with Crippen molar-refractivity contribution in [3.8, 4) is 6.07 Å². The fraction of sp³-hybridized carbons (Fsp3) is 0.385. The van der Waals surface area contributed by atoms with E-state index in [1.165, 1.54) is 0 Å². The van der Waals surface area contributed by atoms with Crippen LogP contribution in [0.5, 0.6) is 0 Å². The van der Waals surface area contributed by atoms with Crippen molar-refractivity contribution in [2.75, 3.05) is 13.1 Å². The van der Waals surface area contributed by atoms with E-state index in [9.17, 15) is 4.79 Å². The Labute approximate surface area is 101 Å². The second-order valence-corrected chi connectivity index (χ2v) is 3.94. The van der Waals surface area contributed by atoms with Crippen LogP contribution in [-0.2, 0) is 6.42 Å². The van der Waals surface area contributed by atoms with E-state index >= 15 is 0 Å². The average molecular weight is 231 g/mol. The second-order valence-electron chi connectivity index (χ2n) is 3.94. The Balaban J connectivity index is 2.71. The number of amides is 1. The van der Waals surface area contributed by atoms with Gasteiger partial charge in [-0.05, 0) is 31.5 Å². The average Bonchev–Trinajstić information content (AvgIpc) is 2.36. The van der Waals surface area contributed by atoms with Gasteiger partial charge in [-0.15, -0.1) is 0 Å². The normalized spacial score (nSPS) is 11.6. The van der Waals surface area contributed by atoms with E-state index in [-0.39, 0.29) is 11.8 Å². The molecule has 0 bridgehead atoms. The molecule has 0 aliphatic carbocycles. The Morgan fingerprint density at radius 3 is 2.88 bits per heavy atom. The molecule has 17 heavy (non-hydrogen) atoms. The Morgan fingerprint density at radius 2 is 2.24 bits per heavy atom. The predicted molar refractivity (Wildman–Crippen MR) is 66.3 cm³/mol. The number of nitriles is 1. The van der Waals surface area contributed by atoms with Gasteiger partial charge in [0.15, 0.2) is 0 Å². The molecule has 1 rings (SSSR count). The van der Waals surface area contributed by atoms with Crippen molar-refractivity contribution in [2.45, 2.75) is 13.3 Å². The molecule has 90 valence electrons. The number of rotatable bonds is 5. The number of hydrogen-bond acceptors (Lipinski definition) is 3. The number of carbonyl (C=O) groups excluding carboxylic acids is 1. The number of nitrogens with two attached hydrogens (primary N) is 1. The van der Waals surface area contributed by atoms with Crippen LogP contribution in [0, 0.1) is 17.2 Å². The summed E-state index contributed by atoms with van der Waals surface area (Å²) in [5.41, 5.74) is 7.08. The first-order chi connectivity index (χ1) is 8.19. The molecular weight excluding hydrogens is 214 g/mol. The molecule has 1 atom stereocenters. The van der Waals surface area contributed by atoms with Crippen molar-refractivity contribution in [1.82, 2.24) is 5.32 Å². The highest BCUT2D eigenvalue weighted by Gasteiger charge is 2.10. The van der Waals surface area contributed by atoms with Crippen molar-refractivity contribution in [1.29, 1.82) is 5.26 Å². The molecule has 0 aliphatic rings. The van der Waals surface area contributed by atoms with Gasteiger partial charge in [0.1, 0.15) is 0 Å². The number of nitrogens with one attached hydrogen (secondary N) is 1. The second kappa shape index (κ2) is 6.66. The molecule has 4 heteroatoms. The lowest BCUT2D eigenvalue weighted by Crippen LogP contribution is -2.28. The monoisotopic (exact) mass is 231 g/mol. The van der Waals surface area contributed by atoms with Gasteiger partial charge in [0.2, 0.25) is 0 Å². The first-order valence-electron chi connectivity index (χ1n) is 5.64. The van der Waals surface area contributed by atoms with Crippen LogP contribution >= 0.6 is 0 Å². The van der Waals surface area contributed by atoms with Gasteiger partial charge in [-0.1, -0.05) is 18.2 Å². The lowest BCUT2D eigenvalue weighted by Gasteiger charge is -2.10. The van der Waals surface area contributed by atoms with Crippen LogP contribution in [0.3, 0.4) is 0 Å². The van der Waals surface area contributed by atoms with E-state index in [0.29, 0.717) is 25.1 Å². The number of nitrogens with zero attached hydrogens (tertiary/aromatic N) is 1. The zero-order valence-electron chi connectivity index (χ0n) is 9.94. The lowest BCUT2D eigenvalue weighted by molar-refractivity contribution is 0.0950. The van der Waals surface area contributed by atoms with Crippen LogP contribution in [0.1, 0.15) is 22.8 Å². The molecule has 1 amide bonds. The largest absolute Gasteiger partial charge is 0.351 e. The van der Waals surface area contributed by atoms with Crippen LogP contribution in [0.2, 0.25) is 0 Å². The number of hydrogen-bond donors (Lipinski definition) is 2. The minimum Gasteiger partial charge on any atom is -0.351 e. The van der Waals surface area contributed by atoms with Crippen molar-refractivity contribution >= 4 is 5.91 Å². The maximum Gasteiger partial charge on any atom is 0.251 e. The van der Waals surface area contributed by atoms with E-state index in [2.05, 4.69) is 11.4 Å². The van der Waals surface area contributed by atoms with Crippen LogP contribution < -0.4 is 11.1 Å². The van der Waals surface area contributed by atoms with E-state index in [1.807, 2.05) is 18.2 Å². The third kappa shape index (κ3) is 3.89. The van der Waals surface area contributed by atoms with Crippen LogP contribution in [0.4, 0.5) is 0 Å². The molecule has 0 aliphatic heterocycles. The van der Waals surface area contributed by atoms with Gasteiger partial charge in [0, 0.05) is 12.1 Å². The van der Waals surface area contributed by atoms with Crippen molar-refractivity contribution < 1.29 is 4.79 Å². The molecule has 0 saturated heterocycles. The van der Waals surface area contributed by atoms with E-state index in [0.717, 1.165) is 5.56 Å². The maximum absolute atomic E-state index is 11.9. The SMILES string of the molecule is CC(C#N)CNC(=O)c1ccccc1CCN. The summed E-state index contributed by atoms with van der Waals surface area (Å²) in [6.07, 6.45) is 0.678. The minimum absolute atomic E-state index is 0.142. The van der Waals surface area contributed by atoms with Crippen molar-refractivity contribution in [3.05, 3.63) is 35.4 Å². The Kier molecular flexibility index (Phi) is 5.18. The van der Waals surface area contributed by atoms with Crippen LogP contribution in [-0.4, -0.2) is 19.0 Å². The summed E-state index contributed by atoms with van der Waals surface area (Å²) < 4.78 is 0. The molecule has 0 aromatic heterocycles. The summed E-state index contributed by atoms with van der Waals surface area (Å²) in [4.78, 5) is 11.9. The third-order valence-electron chi connectivity index (χ3n) is 2.46. The Hall–Kier alpha value is -1.86. The molecule has 0 heterocycles. The molecular formula is C13H17N3O. The summed E-state index contributed by atoms with van der Waals surface area (Å²) in [5.74, 6) is -0.322. The molecule has 4 nitrogen and oxygen atoms in total. The molecule has 1 unspecified atom stereocenters. The van der Waals surface area contributed by atoms with E-state index in [4.69, 9.17) is 11.0 Å². The molecule has 0 spiro atoms. The molecule has 3 N–H and O–H groups in total. The highest BCUT2D eigenvalue weighted by atomic mass is 16.1. The third-order valence-corrected chi connectivity index (χ3v) is 2.46. The molecule has 1 aromatic rings. The number of carbonyl (C=O) groups is 1. The first kappa shape index (κ1) is 13.2. The van der Waals surface area contributed by atoms with Crippen molar-refractivity contribution in [2.24, 2.45) is 11.7 Å². The molecule has 1 aromatic carbocycles. The topological polar surface area (TPSA) is 78.9 Å². The van der Waals surface area contributed by atoms with Gasteiger partial charge < -0.3 is 11.1 Å². The van der Waals surface area contributed by atoms with Gasteiger partial charge in [-0.3, -0.25) is 4.79 Å². The van der Waals surface area contributed by atoms with Crippen LogP contribution in [0.15, 0.2) is 24.3 Å². The predicted octanol–water partition coefficient (Wildman–Crippen LogP) is 1.08. The molecule has 0 saturated carbocycles. The highest BCUT2D eigenvalue weighted by molar-refractivity contribution is 5.95. The minimum atomic E-state index is -0.180. The van der Waals surface area contributed by atoms with Gasteiger partial charge in [0.05, 0.1) is 12.0 Å². The maximum atomic E-state index is 11.9. The standard InChI is InChI=1S/C13H17N3O/c1-10(8-15)9-16-13(17)12-5-3-2-4-11(12)6-7-14/h2-5,10H,6-7,9,14H2,1H3,(H,16,17). The highest BCUT2D eigenvalue weighted by Crippen LogP contribution is 2.09. The summed E-state index contributed by atoms with van der Waals surface area (Å²) in [7, 11) is 0. The summed E-state index contributed by atoms with van der Waals surface area (Å²) in [6, 6.07) is 9.46. The van der Waals surface area contributed by atoms with Gasteiger partial charge >= 0.3 is 0 Å². The first-order valence-corrected chi connectivity index (χ1v) is 5.64. The van der Waals surface area contributed by atoms with Crippen molar-refractivity contribution in [3.63, 3.8) is 0 Å². The van der Waals surface area contributed by atoms with E-state index in [1.54, 1.807) is 13.0 Å². The zero-order chi connectivity index (χ0) is 12.7. The summed E-state index contributed by atoms with van der Waals surface area (Å²) in [6.45, 7) is 2.65. The molecule has 0 radical (unpaired) electrons. The number of benzene rings is 1. The van der Waals surface area contributed by atoms with Gasteiger partial charge in [-0.25, -0.2) is 0 Å². The van der Waals surface area contributed by atoms with Gasteiger partial charge in [0.25, 0.3) is 5.91 Å². The fourth-order valence-corrected chi connectivity index (χ4v) is 1.50. The van der Waals surface area contributed by atoms with Gasteiger partial charge in [-0.2, -0.15) is 5.26 Å². The van der Waals surface area contributed by atoms with E-state index < -0.39 is 0 Å². The lowest BCUT2D eigenvalue weighted by atomic mass is 10.0. The quantitative estimate of drug-likeness (QED) is 0.795. The summed E-state index contributed by atoms with van der Waals surface area (Å²) in [5, 5.41) is 11.4.